The summed E-state index contributed by atoms with van der Waals surface area (Å²) < 4.78 is 2.94. The van der Waals surface area contributed by atoms with E-state index >= 15 is 0 Å². The Morgan fingerprint density at radius 3 is 2.88 bits per heavy atom. The minimum Gasteiger partial charge on any atom is -0.357 e. The number of amides is 1. The number of rotatable bonds is 3. The fourth-order valence-electron chi connectivity index (χ4n) is 3.36. The number of thiazole rings is 1. The van der Waals surface area contributed by atoms with Crippen LogP contribution in [0.5, 0.6) is 0 Å². The SMILES string of the molecule is Cc1nn(C)c2nc(N[C@H]3CCCN(C(=O)c4ccccc4)C3)sc12. The molecule has 0 bridgehead atoms. The molecule has 1 saturated heterocycles. The maximum Gasteiger partial charge on any atom is 0.253 e. The number of benzene rings is 1. The van der Waals surface area contributed by atoms with Crippen LogP contribution >= 0.6 is 11.3 Å². The lowest BCUT2D eigenvalue weighted by Crippen LogP contribution is -2.45. The molecule has 1 aliphatic rings. The van der Waals surface area contributed by atoms with Gasteiger partial charge in [-0.2, -0.15) is 5.10 Å². The van der Waals surface area contributed by atoms with Crippen LogP contribution in [-0.4, -0.2) is 44.7 Å². The number of hydrogen-bond donors (Lipinski definition) is 1. The van der Waals surface area contributed by atoms with E-state index in [1.165, 1.54) is 0 Å². The van der Waals surface area contributed by atoms with Gasteiger partial charge in [0.05, 0.1) is 10.4 Å². The van der Waals surface area contributed by atoms with Crippen LogP contribution in [-0.2, 0) is 7.05 Å². The van der Waals surface area contributed by atoms with E-state index in [0.717, 1.165) is 46.1 Å². The predicted octanol–water partition coefficient (Wildman–Crippen LogP) is 3.05. The van der Waals surface area contributed by atoms with Gasteiger partial charge in [-0.1, -0.05) is 29.5 Å². The number of anilines is 1. The molecule has 1 atom stereocenters. The monoisotopic (exact) mass is 355 g/mol. The average molecular weight is 355 g/mol. The first-order chi connectivity index (χ1) is 12.1. The maximum atomic E-state index is 12.7. The molecule has 1 amide bonds. The Morgan fingerprint density at radius 1 is 1.32 bits per heavy atom. The molecule has 0 unspecified atom stereocenters. The van der Waals surface area contributed by atoms with Crippen molar-refractivity contribution in [1.82, 2.24) is 19.7 Å². The fraction of sp³-hybridized carbons (Fsp3) is 0.389. The third-order valence-corrected chi connectivity index (χ3v) is 5.69. The van der Waals surface area contributed by atoms with Gasteiger partial charge in [-0.05, 0) is 31.9 Å². The van der Waals surface area contributed by atoms with E-state index in [2.05, 4.69) is 15.4 Å². The molecule has 3 aromatic rings. The lowest BCUT2D eigenvalue weighted by Gasteiger charge is -2.33. The van der Waals surface area contributed by atoms with Crippen LogP contribution in [0.1, 0.15) is 28.9 Å². The van der Waals surface area contributed by atoms with E-state index in [1.54, 1.807) is 11.3 Å². The molecule has 1 aliphatic heterocycles. The van der Waals surface area contributed by atoms with Crippen molar-refractivity contribution in [1.29, 1.82) is 0 Å². The highest BCUT2D eigenvalue weighted by Gasteiger charge is 2.25. The van der Waals surface area contributed by atoms with Crippen molar-refractivity contribution in [2.45, 2.75) is 25.8 Å². The maximum absolute atomic E-state index is 12.7. The number of piperidine rings is 1. The van der Waals surface area contributed by atoms with E-state index in [-0.39, 0.29) is 11.9 Å². The first kappa shape index (κ1) is 16.1. The lowest BCUT2D eigenvalue weighted by atomic mass is 10.0. The number of hydrogen-bond acceptors (Lipinski definition) is 5. The fourth-order valence-corrected chi connectivity index (χ4v) is 4.37. The zero-order chi connectivity index (χ0) is 17.4. The Balaban J connectivity index is 1.47. The molecule has 6 nitrogen and oxygen atoms in total. The Morgan fingerprint density at radius 2 is 2.12 bits per heavy atom. The molecular weight excluding hydrogens is 334 g/mol. The van der Waals surface area contributed by atoms with Crippen molar-refractivity contribution in [2.75, 3.05) is 18.4 Å². The van der Waals surface area contributed by atoms with Crippen molar-refractivity contribution in [3.8, 4) is 0 Å². The Bertz CT molecular complexity index is 866. The second-order valence-electron chi connectivity index (χ2n) is 6.48. The number of nitrogens with one attached hydrogen (secondary N) is 1. The number of aryl methyl sites for hydroxylation is 2. The summed E-state index contributed by atoms with van der Waals surface area (Å²) >= 11 is 1.64. The molecule has 1 aromatic carbocycles. The lowest BCUT2D eigenvalue weighted by molar-refractivity contribution is 0.0715. The molecule has 130 valence electrons. The quantitative estimate of drug-likeness (QED) is 0.784. The van der Waals surface area contributed by atoms with Gasteiger partial charge in [0, 0.05) is 31.7 Å². The molecule has 1 fully saturated rings. The van der Waals surface area contributed by atoms with E-state index in [1.807, 2.05) is 53.9 Å². The van der Waals surface area contributed by atoms with Crippen LogP contribution in [0, 0.1) is 6.92 Å². The number of aromatic nitrogens is 3. The van der Waals surface area contributed by atoms with Gasteiger partial charge in [0.25, 0.3) is 5.91 Å². The molecule has 3 heterocycles. The van der Waals surface area contributed by atoms with Gasteiger partial charge in [0.2, 0.25) is 0 Å². The van der Waals surface area contributed by atoms with Crippen LogP contribution in [0.25, 0.3) is 10.3 Å². The van der Waals surface area contributed by atoms with Crippen LogP contribution in [0.3, 0.4) is 0 Å². The number of carbonyl (C=O) groups excluding carboxylic acids is 1. The van der Waals surface area contributed by atoms with Crippen LogP contribution in [0.4, 0.5) is 5.13 Å². The highest BCUT2D eigenvalue weighted by atomic mass is 32.1. The van der Waals surface area contributed by atoms with Crippen molar-refractivity contribution in [2.24, 2.45) is 7.05 Å². The molecule has 1 N–H and O–H groups in total. The van der Waals surface area contributed by atoms with Gasteiger partial charge in [-0.25, -0.2) is 9.67 Å². The molecule has 4 rings (SSSR count). The smallest absolute Gasteiger partial charge is 0.253 e. The third kappa shape index (κ3) is 3.11. The first-order valence-corrected chi connectivity index (χ1v) is 9.34. The van der Waals surface area contributed by atoms with Crippen LogP contribution in [0.2, 0.25) is 0 Å². The average Bonchev–Trinajstić information content (AvgIpc) is 3.16. The van der Waals surface area contributed by atoms with Crippen LogP contribution < -0.4 is 5.32 Å². The summed E-state index contributed by atoms with van der Waals surface area (Å²) in [6.45, 7) is 3.53. The van der Waals surface area contributed by atoms with Gasteiger partial charge < -0.3 is 10.2 Å². The zero-order valence-electron chi connectivity index (χ0n) is 14.4. The van der Waals surface area contributed by atoms with Crippen molar-refractivity contribution in [3.05, 3.63) is 41.6 Å². The first-order valence-electron chi connectivity index (χ1n) is 8.53. The molecule has 25 heavy (non-hydrogen) atoms. The predicted molar refractivity (Wildman–Crippen MR) is 100 cm³/mol. The summed E-state index contributed by atoms with van der Waals surface area (Å²) in [4.78, 5) is 19.3. The molecule has 0 saturated carbocycles. The van der Waals surface area contributed by atoms with E-state index in [4.69, 9.17) is 0 Å². The topological polar surface area (TPSA) is 63.1 Å². The van der Waals surface area contributed by atoms with E-state index in [9.17, 15) is 4.79 Å². The highest BCUT2D eigenvalue weighted by molar-refractivity contribution is 7.22. The second-order valence-corrected chi connectivity index (χ2v) is 7.48. The van der Waals surface area contributed by atoms with Gasteiger partial charge in [-0.15, -0.1) is 0 Å². The van der Waals surface area contributed by atoms with Gasteiger partial charge in [0.1, 0.15) is 0 Å². The Hall–Kier alpha value is -2.41. The van der Waals surface area contributed by atoms with Gasteiger partial charge >= 0.3 is 0 Å². The Labute approximate surface area is 150 Å². The van der Waals surface area contributed by atoms with Crippen molar-refractivity contribution >= 4 is 32.7 Å². The summed E-state index contributed by atoms with van der Waals surface area (Å²) in [5, 5.41) is 8.82. The van der Waals surface area contributed by atoms with Gasteiger partial charge in [-0.3, -0.25) is 4.79 Å². The second kappa shape index (κ2) is 6.48. The molecular formula is C18H21N5OS. The molecule has 7 heteroatoms. The minimum atomic E-state index is 0.108. The third-order valence-electron chi connectivity index (χ3n) is 4.60. The molecule has 0 radical (unpaired) electrons. The largest absolute Gasteiger partial charge is 0.357 e. The minimum absolute atomic E-state index is 0.108. The number of carbonyl (C=O) groups is 1. The highest BCUT2D eigenvalue weighted by Crippen LogP contribution is 2.29. The van der Waals surface area contributed by atoms with Crippen LogP contribution in [0.15, 0.2) is 30.3 Å². The summed E-state index contributed by atoms with van der Waals surface area (Å²) in [6, 6.07) is 9.73. The summed E-state index contributed by atoms with van der Waals surface area (Å²) in [7, 11) is 1.92. The standard InChI is InChI=1S/C18H21N5OS/c1-12-15-16(22(2)21-12)20-18(25-15)19-14-9-6-10-23(11-14)17(24)13-7-4-3-5-8-13/h3-5,7-8,14H,6,9-11H2,1-2H3,(H,19,20)/t14-/m0/s1. The summed E-state index contributed by atoms with van der Waals surface area (Å²) in [5.74, 6) is 0.108. The summed E-state index contributed by atoms with van der Waals surface area (Å²) in [6.07, 6.45) is 2.05. The van der Waals surface area contributed by atoms with Gasteiger partial charge in [0.15, 0.2) is 10.8 Å². The van der Waals surface area contributed by atoms with Crippen molar-refractivity contribution < 1.29 is 4.79 Å². The number of likely N-dealkylation sites (tertiary alicyclic amines) is 1. The van der Waals surface area contributed by atoms with Crippen molar-refractivity contribution in [3.63, 3.8) is 0 Å². The van der Waals surface area contributed by atoms with E-state index in [0.29, 0.717) is 6.54 Å². The Kier molecular flexibility index (Phi) is 4.17. The normalized spacial score (nSPS) is 17.8. The molecule has 0 aliphatic carbocycles. The zero-order valence-corrected chi connectivity index (χ0v) is 15.2. The van der Waals surface area contributed by atoms with E-state index < -0.39 is 0 Å². The number of fused-ring (bicyclic) bond motifs is 1. The molecule has 2 aromatic heterocycles. The molecule has 0 spiro atoms. The summed E-state index contributed by atoms with van der Waals surface area (Å²) in [5.41, 5.74) is 2.68. The number of nitrogens with zero attached hydrogens (tertiary/aromatic N) is 4.